The second kappa shape index (κ2) is 21.1. The Kier molecular flexibility index (Phi) is 29.1. The number of hydrogen-bond donors (Lipinski definition) is 0. The van der Waals surface area contributed by atoms with E-state index in [0.717, 1.165) is 0 Å². The molecule has 0 fully saturated rings. The van der Waals surface area contributed by atoms with Crippen LogP contribution in [0.2, 0.25) is 0 Å². The van der Waals surface area contributed by atoms with Gasteiger partial charge in [-0.15, -0.1) is 0 Å². The molecule has 1 rings (SSSR count). The van der Waals surface area contributed by atoms with Crippen molar-refractivity contribution in [2.75, 3.05) is 0 Å². The van der Waals surface area contributed by atoms with Crippen molar-refractivity contribution in [3.63, 3.8) is 0 Å². The minimum Gasteiger partial charge on any atom is -0.214 e. The number of rotatable bonds is 0. The molecule has 0 aliphatic heterocycles. The molecule has 1 aromatic carbocycles. The molecule has 0 saturated carbocycles. The van der Waals surface area contributed by atoms with E-state index in [4.69, 9.17) is 17.0 Å². The van der Waals surface area contributed by atoms with Gasteiger partial charge in [0.05, 0.1) is 0 Å². The van der Waals surface area contributed by atoms with Gasteiger partial charge >= 0.3 is 37.9 Å². The van der Waals surface area contributed by atoms with Crippen LogP contribution in [0.25, 0.3) is 0 Å². The normalized spacial score (nSPS) is 7.88. The van der Waals surface area contributed by atoms with Crippen molar-refractivity contribution in [2.45, 2.75) is 41.5 Å². The van der Waals surface area contributed by atoms with Crippen LogP contribution in [0.3, 0.4) is 0 Å². The standard InChI is InChI=1S/C5H5.2C4H9.2ClH.Zr/c1-2-4-5-3-1;2*1-4(2)3;;;/h1-5H;2*1-3H3;2*1H;/q3*-1;;;+2/p-2. The predicted octanol–water partition coefficient (Wildman–Crippen LogP) is 6.02. The van der Waals surface area contributed by atoms with Crippen LogP contribution in [0.4, 0.5) is 0 Å². The first-order valence-corrected chi connectivity index (χ1v) is 11.4. The summed E-state index contributed by atoms with van der Waals surface area (Å²) in [6.07, 6.45) is 0. The zero-order chi connectivity index (χ0) is 13.4. The molecule has 0 unspecified atom stereocenters. The van der Waals surface area contributed by atoms with Gasteiger partial charge < -0.3 is 11.8 Å². The predicted molar refractivity (Wildman–Crippen MR) is 74.3 cm³/mol. The van der Waals surface area contributed by atoms with Gasteiger partial charge in [0, 0.05) is 0 Å². The molecule has 0 aliphatic carbocycles. The minimum absolute atomic E-state index is 0.826. The summed E-state index contributed by atoms with van der Waals surface area (Å²) in [7, 11) is 9.87. The fourth-order valence-corrected chi connectivity index (χ4v) is 0.321. The van der Waals surface area contributed by atoms with Gasteiger partial charge in [-0.25, -0.2) is 12.1 Å². The van der Waals surface area contributed by atoms with Gasteiger partial charge in [0.15, 0.2) is 0 Å². The topological polar surface area (TPSA) is 0 Å². The summed E-state index contributed by atoms with van der Waals surface area (Å²) in [4.78, 5) is 0. The van der Waals surface area contributed by atoms with Crippen molar-refractivity contribution in [3.05, 3.63) is 42.2 Å². The van der Waals surface area contributed by atoms with Gasteiger partial charge in [0.1, 0.15) is 0 Å². The summed E-state index contributed by atoms with van der Waals surface area (Å²) < 4.78 is 0. The van der Waals surface area contributed by atoms with E-state index < -0.39 is 20.8 Å². The summed E-state index contributed by atoms with van der Waals surface area (Å²) in [6, 6.07) is 10.0. The third-order valence-electron chi connectivity index (χ3n) is 0.556. The molecule has 0 aliphatic rings. The maximum Gasteiger partial charge on any atom is -0.172 e. The molecular weight excluding hydrogens is 318 g/mol. The van der Waals surface area contributed by atoms with Crippen LogP contribution in [0.1, 0.15) is 41.5 Å². The second-order valence-electron chi connectivity index (χ2n) is 4.03. The van der Waals surface area contributed by atoms with Crippen molar-refractivity contribution in [1.29, 1.82) is 0 Å². The van der Waals surface area contributed by atoms with E-state index in [9.17, 15) is 0 Å². The molecule has 16 heavy (non-hydrogen) atoms. The van der Waals surface area contributed by atoms with Crippen molar-refractivity contribution >= 4 is 17.0 Å². The molecule has 0 radical (unpaired) electrons. The van der Waals surface area contributed by atoms with Crippen LogP contribution < -0.4 is 0 Å². The van der Waals surface area contributed by atoms with Gasteiger partial charge in [-0.05, 0) is 0 Å². The Bertz CT molecular complexity index is 132. The monoisotopic (exact) mass is 339 g/mol. The average Bonchev–Trinajstić information content (AvgIpc) is 2.57. The maximum atomic E-state index is 4.93. The molecule has 0 bridgehead atoms. The molecular formula is C13H23Cl2Zr-3. The van der Waals surface area contributed by atoms with Crippen LogP contribution in [0, 0.1) is 11.8 Å². The fourth-order valence-electron chi connectivity index (χ4n) is 0.321. The first kappa shape index (κ1) is 22.0. The summed E-state index contributed by atoms with van der Waals surface area (Å²) in [5.41, 5.74) is 0. The Morgan fingerprint density at radius 1 is 0.812 bits per heavy atom. The zero-order valence-electron chi connectivity index (χ0n) is 11.1. The largest absolute Gasteiger partial charge is 0.214 e. The van der Waals surface area contributed by atoms with Crippen LogP contribution in [0.15, 0.2) is 30.3 Å². The number of halogens is 2. The van der Waals surface area contributed by atoms with E-state index in [1.54, 1.807) is 0 Å². The van der Waals surface area contributed by atoms with Crippen LogP contribution in [-0.4, -0.2) is 0 Å². The Morgan fingerprint density at radius 2 is 1.00 bits per heavy atom. The Balaban J connectivity index is -0.000000144. The first-order chi connectivity index (χ1) is 7.38. The molecule has 0 aromatic heterocycles. The molecule has 0 spiro atoms. The number of hydrogen-bond acceptors (Lipinski definition) is 0. The molecule has 0 amide bonds. The Morgan fingerprint density at radius 3 is 1.06 bits per heavy atom. The molecule has 0 nitrogen and oxygen atoms in total. The summed E-state index contributed by atoms with van der Waals surface area (Å²) >= 11 is -0.826. The SMILES string of the molecule is C[C-](C)C.C[C-](C)C.[Cl][Zr][Cl].c1cc[cH-]c1. The summed E-state index contributed by atoms with van der Waals surface area (Å²) in [5.74, 6) is 2.83. The fraction of sp³-hybridized carbons (Fsp3) is 0.462. The molecule has 3 heteroatoms. The van der Waals surface area contributed by atoms with E-state index in [1.807, 2.05) is 30.3 Å². The van der Waals surface area contributed by atoms with Crippen molar-refractivity contribution in [1.82, 2.24) is 0 Å². The Hall–Kier alpha value is 0.813. The molecule has 0 N–H and O–H groups in total. The smallest absolute Gasteiger partial charge is 0.172 e. The summed E-state index contributed by atoms with van der Waals surface area (Å²) in [5, 5.41) is 0. The second-order valence-corrected chi connectivity index (χ2v) is 7.77. The maximum absolute atomic E-state index is 4.93. The van der Waals surface area contributed by atoms with E-state index >= 15 is 0 Å². The molecule has 96 valence electrons. The Labute approximate surface area is 121 Å². The van der Waals surface area contributed by atoms with E-state index in [-0.39, 0.29) is 0 Å². The summed E-state index contributed by atoms with van der Waals surface area (Å²) in [6.45, 7) is 12.5. The van der Waals surface area contributed by atoms with Crippen molar-refractivity contribution < 1.29 is 20.8 Å². The van der Waals surface area contributed by atoms with Gasteiger partial charge in [-0.2, -0.15) is 59.7 Å². The van der Waals surface area contributed by atoms with E-state index in [1.165, 1.54) is 11.8 Å². The van der Waals surface area contributed by atoms with E-state index in [2.05, 4.69) is 41.5 Å². The van der Waals surface area contributed by atoms with Gasteiger partial charge in [0.25, 0.3) is 0 Å². The first-order valence-electron chi connectivity index (χ1n) is 5.04. The third kappa shape index (κ3) is 83.6. The van der Waals surface area contributed by atoms with Crippen LogP contribution in [-0.2, 0) is 20.8 Å². The average molecular weight is 341 g/mol. The van der Waals surface area contributed by atoms with Crippen LogP contribution in [0.5, 0.6) is 0 Å². The van der Waals surface area contributed by atoms with Crippen molar-refractivity contribution in [3.8, 4) is 0 Å². The molecule has 1 aromatic rings. The van der Waals surface area contributed by atoms with Gasteiger partial charge in [-0.3, -0.25) is 0 Å². The molecule has 0 heterocycles. The molecule has 0 atom stereocenters. The van der Waals surface area contributed by atoms with Crippen molar-refractivity contribution in [2.24, 2.45) is 0 Å². The molecule has 0 saturated heterocycles. The van der Waals surface area contributed by atoms with Gasteiger partial charge in [-0.1, -0.05) is 0 Å². The zero-order valence-corrected chi connectivity index (χ0v) is 15.1. The minimum atomic E-state index is -0.826. The van der Waals surface area contributed by atoms with E-state index in [0.29, 0.717) is 0 Å². The van der Waals surface area contributed by atoms with Gasteiger partial charge in [0.2, 0.25) is 0 Å². The quantitative estimate of drug-likeness (QED) is 0.506. The third-order valence-corrected chi connectivity index (χ3v) is 0.556. The van der Waals surface area contributed by atoms with Crippen LogP contribution >= 0.6 is 17.0 Å².